The molecule has 0 saturated heterocycles. The van der Waals surface area contributed by atoms with Crippen LogP contribution in [0.3, 0.4) is 0 Å². The van der Waals surface area contributed by atoms with Crippen LogP contribution in [0.5, 0.6) is 5.88 Å². The Balaban J connectivity index is 2.22. The molecule has 4 heteroatoms. The monoisotopic (exact) mass is 291 g/mol. The first-order valence-corrected chi connectivity index (χ1v) is 8.06. The molecule has 1 aromatic heterocycles. The lowest BCUT2D eigenvalue weighted by Gasteiger charge is -2.38. The molecule has 0 aliphatic heterocycles. The van der Waals surface area contributed by atoms with Gasteiger partial charge in [-0.3, -0.25) is 0 Å². The van der Waals surface area contributed by atoms with E-state index in [4.69, 9.17) is 4.74 Å². The Morgan fingerprint density at radius 3 is 2.57 bits per heavy atom. The Labute approximate surface area is 128 Å². The quantitative estimate of drug-likeness (QED) is 0.911. The standard InChI is InChI=1S/C17H29N3O/c1-7-14-19-15(18-6)12(3)16(20-14)21-13-8-11(2)9-17(4,5)10-13/h11,13H,7-10H2,1-6H3,(H,18,19,20). The molecular formula is C17H29N3O. The van der Waals surface area contributed by atoms with Crippen LogP contribution in [0.15, 0.2) is 0 Å². The van der Waals surface area contributed by atoms with Crippen molar-refractivity contribution in [3.05, 3.63) is 11.4 Å². The fourth-order valence-electron chi connectivity index (χ4n) is 3.56. The lowest BCUT2D eigenvalue weighted by atomic mass is 9.71. The number of hydrogen-bond acceptors (Lipinski definition) is 4. The Morgan fingerprint density at radius 1 is 1.29 bits per heavy atom. The van der Waals surface area contributed by atoms with E-state index in [9.17, 15) is 0 Å². The smallest absolute Gasteiger partial charge is 0.222 e. The number of hydrogen-bond donors (Lipinski definition) is 1. The number of aromatic nitrogens is 2. The molecule has 118 valence electrons. The highest BCUT2D eigenvalue weighted by Crippen LogP contribution is 2.40. The predicted octanol–water partition coefficient (Wildman–Crippen LogP) is 3.98. The highest BCUT2D eigenvalue weighted by atomic mass is 16.5. The second-order valence-electron chi connectivity index (χ2n) is 7.18. The van der Waals surface area contributed by atoms with Crippen LogP contribution in [0.4, 0.5) is 5.82 Å². The topological polar surface area (TPSA) is 47.0 Å². The van der Waals surface area contributed by atoms with Gasteiger partial charge >= 0.3 is 0 Å². The molecule has 1 aliphatic rings. The molecule has 0 bridgehead atoms. The summed E-state index contributed by atoms with van der Waals surface area (Å²) in [5.41, 5.74) is 1.36. The zero-order valence-electron chi connectivity index (χ0n) is 14.3. The van der Waals surface area contributed by atoms with E-state index in [1.54, 1.807) is 0 Å². The van der Waals surface area contributed by atoms with Gasteiger partial charge in [0.25, 0.3) is 0 Å². The first-order valence-electron chi connectivity index (χ1n) is 8.06. The Bertz CT molecular complexity index is 499. The van der Waals surface area contributed by atoms with Crippen molar-refractivity contribution in [3.8, 4) is 5.88 Å². The number of nitrogens with one attached hydrogen (secondary N) is 1. The number of aryl methyl sites for hydroxylation is 1. The fraction of sp³-hybridized carbons (Fsp3) is 0.765. The van der Waals surface area contributed by atoms with Crippen LogP contribution in [-0.2, 0) is 6.42 Å². The van der Waals surface area contributed by atoms with E-state index >= 15 is 0 Å². The van der Waals surface area contributed by atoms with E-state index in [0.717, 1.165) is 42.3 Å². The average Bonchev–Trinajstić information content (AvgIpc) is 2.38. The predicted molar refractivity (Wildman–Crippen MR) is 86.9 cm³/mol. The molecule has 0 aromatic carbocycles. The van der Waals surface area contributed by atoms with Gasteiger partial charge < -0.3 is 10.1 Å². The van der Waals surface area contributed by atoms with Crippen LogP contribution in [0.2, 0.25) is 0 Å². The van der Waals surface area contributed by atoms with Crippen molar-refractivity contribution in [1.82, 2.24) is 9.97 Å². The van der Waals surface area contributed by atoms with Gasteiger partial charge in [-0.1, -0.05) is 27.7 Å². The molecule has 2 atom stereocenters. The van der Waals surface area contributed by atoms with Crippen LogP contribution in [0, 0.1) is 18.3 Å². The lowest BCUT2D eigenvalue weighted by molar-refractivity contribution is 0.0526. The highest BCUT2D eigenvalue weighted by Gasteiger charge is 2.33. The summed E-state index contributed by atoms with van der Waals surface area (Å²) in [6.07, 6.45) is 4.56. The number of nitrogens with zero attached hydrogens (tertiary/aromatic N) is 2. The minimum atomic E-state index is 0.256. The Hall–Kier alpha value is -1.32. The maximum absolute atomic E-state index is 6.29. The SMILES string of the molecule is CCc1nc(NC)c(C)c(OC2CC(C)CC(C)(C)C2)n1. The highest BCUT2D eigenvalue weighted by molar-refractivity contribution is 5.48. The molecule has 1 heterocycles. The molecule has 2 unspecified atom stereocenters. The van der Waals surface area contributed by atoms with E-state index < -0.39 is 0 Å². The third-order valence-corrected chi connectivity index (χ3v) is 4.33. The largest absolute Gasteiger partial charge is 0.474 e. The van der Waals surface area contributed by atoms with Crippen molar-refractivity contribution < 1.29 is 4.74 Å². The van der Waals surface area contributed by atoms with Crippen LogP contribution < -0.4 is 10.1 Å². The first-order chi connectivity index (χ1) is 9.84. The molecule has 2 rings (SSSR count). The summed E-state index contributed by atoms with van der Waals surface area (Å²) in [6, 6.07) is 0. The van der Waals surface area contributed by atoms with E-state index in [1.807, 2.05) is 14.0 Å². The number of anilines is 1. The average molecular weight is 291 g/mol. The van der Waals surface area contributed by atoms with E-state index in [1.165, 1.54) is 6.42 Å². The van der Waals surface area contributed by atoms with Crippen LogP contribution in [-0.4, -0.2) is 23.1 Å². The van der Waals surface area contributed by atoms with Crippen molar-refractivity contribution in [2.24, 2.45) is 11.3 Å². The lowest BCUT2D eigenvalue weighted by Crippen LogP contribution is -2.34. The van der Waals surface area contributed by atoms with Gasteiger partial charge in [-0.25, -0.2) is 4.98 Å². The zero-order chi connectivity index (χ0) is 15.6. The molecule has 1 saturated carbocycles. The van der Waals surface area contributed by atoms with Gasteiger partial charge in [0.1, 0.15) is 17.7 Å². The van der Waals surface area contributed by atoms with E-state index in [0.29, 0.717) is 11.3 Å². The van der Waals surface area contributed by atoms with Crippen LogP contribution >= 0.6 is 0 Å². The maximum Gasteiger partial charge on any atom is 0.222 e. The van der Waals surface area contributed by atoms with Crippen molar-refractivity contribution >= 4 is 5.82 Å². The molecule has 1 fully saturated rings. The summed E-state index contributed by atoms with van der Waals surface area (Å²) in [5, 5.41) is 3.14. The summed E-state index contributed by atoms with van der Waals surface area (Å²) < 4.78 is 6.29. The zero-order valence-corrected chi connectivity index (χ0v) is 14.3. The summed E-state index contributed by atoms with van der Waals surface area (Å²) in [4.78, 5) is 9.10. The van der Waals surface area contributed by atoms with Gasteiger partial charge in [0.05, 0.1) is 5.56 Å². The Morgan fingerprint density at radius 2 is 2.00 bits per heavy atom. The fourth-order valence-corrected chi connectivity index (χ4v) is 3.56. The molecular weight excluding hydrogens is 262 g/mol. The number of ether oxygens (including phenoxy) is 1. The van der Waals surface area contributed by atoms with Crippen molar-refractivity contribution in [2.45, 2.75) is 66.4 Å². The minimum Gasteiger partial charge on any atom is -0.474 e. The third kappa shape index (κ3) is 3.86. The van der Waals surface area contributed by atoms with E-state index in [-0.39, 0.29) is 6.10 Å². The summed E-state index contributed by atoms with van der Waals surface area (Å²) >= 11 is 0. The molecule has 1 aliphatic carbocycles. The molecule has 0 spiro atoms. The maximum atomic E-state index is 6.29. The van der Waals surface area contributed by atoms with Crippen LogP contribution in [0.1, 0.15) is 58.3 Å². The third-order valence-electron chi connectivity index (χ3n) is 4.33. The Kier molecular flexibility index (Phi) is 4.74. The molecule has 1 aromatic rings. The summed E-state index contributed by atoms with van der Waals surface area (Å²) in [5.74, 6) is 3.17. The number of rotatable bonds is 4. The van der Waals surface area contributed by atoms with E-state index in [2.05, 4.69) is 43.0 Å². The second-order valence-corrected chi connectivity index (χ2v) is 7.18. The van der Waals surface area contributed by atoms with Crippen LogP contribution in [0.25, 0.3) is 0 Å². The van der Waals surface area contributed by atoms with Gasteiger partial charge in [-0.2, -0.15) is 4.98 Å². The molecule has 0 radical (unpaired) electrons. The molecule has 0 amide bonds. The van der Waals surface area contributed by atoms with Crippen molar-refractivity contribution in [1.29, 1.82) is 0 Å². The van der Waals surface area contributed by atoms with Gasteiger partial charge in [-0.05, 0) is 37.5 Å². The molecule has 1 N–H and O–H groups in total. The summed E-state index contributed by atoms with van der Waals surface area (Å²) in [7, 11) is 1.89. The van der Waals surface area contributed by atoms with Gasteiger partial charge in [0.15, 0.2) is 0 Å². The van der Waals surface area contributed by atoms with Crippen molar-refractivity contribution in [2.75, 3.05) is 12.4 Å². The minimum absolute atomic E-state index is 0.256. The molecule has 21 heavy (non-hydrogen) atoms. The normalized spacial score (nSPS) is 24.7. The van der Waals surface area contributed by atoms with Gasteiger partial charge in [0, 0.05) is 13.5 Å². The summed E-state index contributed by atoms with van der Waals surface area (Å²) in [6.45, 7) is 11.1. The van der Waals surface area contributed by atoms with Crippen molar-refractivity contribution in [3.63, 3.8) is 0 Å². The molecule has 4 nitrogen and oxygen atoms in total. The van der Waals surface area contributed by atoms with Gasteiger partial charge in [0.2, 0.25) is 5.88 Å². The first kappa shape index (κ1) is 16.1. The van der Waals surface area contributed by atoms with Gasteiger partial charge in [-0.15, -0.1) is 0 Å². The second kappa shape index (κ2) is 6.20.